The summed E-state index contributed by atoms with van der Waals surface area (Å²) in [7, 11) is 1.48. The van der Waals surface area contributed by atoms with Crippen LogP contribution < -0.4 is 0 Å². The highest BCUT2D eigenvalue weighted by Gasteiger charge is 2.79. The molecule has 4 bridgehead atoms. The summed E-state index contributed by atoms with van der Waals surface area (Å²) in [6.45, 7) is 3.82. The number of fused-ring (bicyclic) bond motifs is 3. The van der Waals surface area contributed by atoms with E-state index in [1.54, 1.807) is 0 Å². The molecule has 3 heterocycles. The van der Waals surface area contributed by atoms with Crippen LogP contribution in [0.4, 0.5) is 0 Å². The predicted molar refractivity (Wildman–Crippen MR) is 98.8 cm³/mol. The maximum atomic E-state index is 13.4. The van der Waals surface area contributed by atoms with E-state index in [9.17, 15) is 9.90 Å². The molecular formula is C22H27NO3. The largest absolute Gasteiger partial charge is 0.468 e. The third-order valence-corrected chi connectivity index (χ3v) is 8.31. The number of methoxy groups -OCH3 is 1. The fourth-order valence-corrected chi connectivity index (χ4v) is 7.50. The van der Waals surface area contributed by atoms with Gasteiger partial charge in [-0.3, -0.25) is 9.69 Å². The molecule has 0 radical (unpaired) electrons. The van der Waals surface area contributed by atoms with E-state index in [1.165, 1.54) is 23.8 Å². The van der Waals surface area contributed by atoms with E-state index >= 15 is 0 Å². The molecule has 4 heteroatoms. The topological polar surface area (TPSA) is 49.8 Å². The van der Waals surface area contributed by atoms with Crippen molar-refractivity contribution in [3.8, 4) is 0 Å². The number of hydrogen-bond donors (Lipinski definition) is 1. The number of esters is 1. The normalized spacial score (nSPS) is 43.9. The zero-order valence-electron chi connectivity index (χ0n) is 15.6. The SMILES string of the molecule is C/C=C1/CN2CC[C@@]34c5ccccc5C[C@@]23CC[C@H]1C4(CO)C(=O)OC. The van der Waals surface area contributed by atoms with Crippen molar-refractivity contribution in [3.63, 3.8) is 0 Å². The Bertz CT molecular complexity index is 817. The standard InChI is InChI=1S/C22H27NO3/c1-3-15-13-23-11-10-22-18-7-5-4-6-16(18)12-20(22,23)9-8-17(15)21(22,14-24)19(25)26-2/h3-7,17,24H,8-14H2,1-2H3/b15-3-/t17-,20-,21?,22-/m1/s1. The average molecular weight is 353 g/mol. The molecule has 5 atom stereocenters. The van der Waals surface area contributed by atoms with Crippen LogP contribution in [0.5, 0.6) is 0 Å². The Balaban J connectivity index is 1.90. The van der Waals surface area contributed by atoms with Gasteiger partial charge in [-0.2, -0.15) is 0 Å². The molecule has 6 rings (SSSR count). The van der Waals surface area contributed by atoms with Crippen LogP contribution in [0, 0.1) is 11.3 Å². The van der Waals surface area contributed by atoms with Crippen LogP contribution in [0.25, 0.3) is 0 Å². The second kappa shape index (κ2) is 5.20. The molecule has 1 aromatic carbocycles. The Morgan fingerprint density at radius 1 is 1.38 bits per heavy atom. The molecule has 1 N–H and O–H groups in total. The van der Waals surface area contributed by atoms with Crippen LogP contribution in [0.1, 0.15) is 37.3 Å². The summed E-state index contributed by atoms with van der Waals surface area (Å²) in [4.78, 5) is 16.1. The monoisotopic (exact) mass is 353 g/mol. The second-order valence-corrected chi connectivity index (χ2v) is 8.52. The van der Waals surface area contributed by atoms with Gasteiger partial charge in [0, 0.05) is 30.0 Å². The number of carbonyl (C=O) groups excluding carboxylic acids is 1. The van der Waals surface area contributed by atoms with Gasteiger partial charge in [0.15, 0.2) is 0 Å². The molecular weight excluding hydrogens is 326 g/mol. The quantitative estimate of drug-likeness (QED) is 0.655. The molecule has 1 saturated carbocycles. The smallest absolute Gasteiger partial charge is 0.315 e. The molecule has 5 aliphatic rings. The lowest BCUT2D eigenvalue weighted by Crippen LogP contribution is -2.68. The first kappa shape index (κ1) is 16.5. The van der Waals surface area contributed by atoms with Crippen molar-refractivity contribution in [2.75, 3.05) is 26.8 Å². The van der Waals surface area contributed by atoms with Gasteiger partial charge in [0.05, 0.1) is 13.7 Å². The fraction of sp³-hybridized carbons (Fsp3) is 0.591. The highest BCUT2D eigenvalue weighted by molar-refractivity contribution is 5.83. The number of carbonyl (C=O) groups is 1. The summed E-state index contributed by atoms with van der Waals surface area (Å²) >= 11 is 0. The lowest BCUT2D eigenvalue weighted by atomic mass is 9.44. The minimum absolute atomic E-state index is 0.0505. The van der Waals surface area contributed by atoms with Crippen molar-refractivity contribution in [1.29, 1.82) is 0 Å². The van der Waals surface area contributed by atoms with Crippen molar-refractivity contribution < 1.29 is 14.6 Å². The Morgan fingerprint density at radius 3 is 2.92 bits per heavy atom. The summed E-state index contributed by atoms with van der Waals surface area (Å²) in [5, 5.41) is 10.8. The second-order valence-electron chi connectivity index (χ2n) is 8.52. The summed E-state index contributed by atoms with van der Waals surface area (Å²) in [5.41, 5.74) is 2.61. The summed E-state index contributed by atoms with van der Waals surface area (Å²) in [6.07, 6.45) is 6.11. The van der Waals surface area contributed by atoms with E-state index in [0.29, 0.717) is 0 Å². The van der Waals surface area contributed by atoms with E-state index in [1.807, 2.05) is 0 Å². The highest BCUT2D eigenvalue weighted by Crippen LogP contribution is 2.72. The molecule has 3 saturated heterocycles. The lowest BCUT2D eigenvalue weighted by molar-refractivity contribution is -0.175. The van der Waals surface area contributed by atoms with Crippen LogP contribution in [0.15, 0.2) is 35.9 Å². The number of nitrogens with zero attached hydrogens (tertiary/aromatic N) is 1. The van der Waals surface area contributed by atoms with Crippen molar-refractivity contribution in [3.05, 3.63) is 47.0 Å². The first-order valence-corrected chi connectivity index (χ1v) is 9.79. The molecule has 2 unspecified atom stereocenters. The number of ether oxygens (including phenoxy) is 1. The maximum absolute atomic E-state index is 13.4. The molecule has 3 aliphatic heterocycles. The van der Waals surface area contributed by atoms with E-state index in [2.05, 4.69) is 42.2 Å². The summed E-state index contributed by atoms with van der Waals surface area (Å²) in [6, 6.07) is 8.61. The van der Waals surface area contributed by atoms with Gasteiger partial charge in [-0.1, -0.05) is 35.9 Å². The van der Waals surface area contributed by atoms with Crippen molar-refractivity contribution in [2.45, 2.75) is 43.6 Å². The number of aliphatic hydroxyl groups excluding tert-OH is 1. The predicted octanol–water partition coefficient (Wildman–Crippen LogP) is 2.45. The van der Waals surface area contributed by atoms with Gasteiger partial charge < -0.3 is 9.84 Å². The summed E-state index contributed by atoms with van der Waals surface area (Å²) < 4.78 is 5.41. The first-order valence-electron chi connectivity index (χ1n) is 9.79. The number of rotatable bonds is 2. The highest BCUT2D eigenvalue weighted by atomic mass is 16.5. The molecule has 2 aliphatic carbocycles. The first-order chi connectivity index (χ1) is 12.6. The molecule has 4 nitrogen and oxygen atoms in total. The fourth-order valence-electron chi connectivity index (χ4n) is 7.50. The average Bonchev–Trinajstić information content (AvgIpc) is 3.06. The van der Waals surface area contributed by atoms with Gasteiger partial charge in [0.1, 0.15) is 5.41 Å². The zero-order valence-corrected chi connectivity index (χ0v) is 15.6. The van der Waals surface area contributed by atoms with Gasteiger partial charge >= 0.3 is 5.97 Å². The number of allylic oxidation sites excluding steroid dienone is 1. The Hall–Kier alpha value is -1.65. The van der Waals surface area contributed by atoms with E-state index in [-0.39, 0.29) is 29.4 Å². The van der Waals surface area contributed by atoms with Crippen LogP contribution in [-0.4, -0.2) is 48.3 Å². The number of aliphatic hydroxyl groups is 1. The zero-order chi connectivity index (χ0) is 18.2. The minimum Gasteiger partial charge on any atom is -0.468 e. The van der Waals surface area contributed by atoms with Gasteiger partial charge in [-0.15, -0.1) is 0 Å². The summed E-state index contributed by atoms with van der Waals surface area (Å²) in [5.74, 6) is -0.177. The third-order valence-electron chi connectivity index (χ3n) is 8.31. The molecule has 26 heavy (non-hydrogen) atoms. The van der Waals surface area contributed by atoms with E-state index < -0.39 is 5.41 Å². The van der Waals surface area contributed by atoms with Crippen LogP contribution >= 0.6 is 0 Å². The minimum atomic E-state index is -0.889. The van der Waals surface area contributed by atoms with Crippen molar-refractivity contribution >= 4 is 5.97 Å². The molecule has 1 spiro atoms. The van der Waals surface area contributed by atoms with E-state index in [0.717, 1.165) is 38.8 Å². The molecule has 0 amide bonds. The Kier molecular flexibility index (Phi) is 3.31. The van der Waals surface area contributed by atoms with Crippen LogP contribution in [-0.2, 0) is 21.4 Å². The van der Waals surface area contributed by atoms with Gasteiger partial charge in [0.25, 0.3) is 0 Å². The van der Waals surface area contributed by atoms with Crippen LogP contribution in [0.3, 0.4) is 0 Å². The molecule has 4 fully saturated rings. The van der Waals surface area contributed by atoms with Crippen molar-refractivity contribution in [2.24, 2.45) is 11.3 Å². The van der Waals surface area contributed by atoms with Crippen molar-refractivity contribution in [1.82, 2.24) is 4.90 Å². The number of hydrogen-bond acceptors (Lipinski definition) is 4. The molecule has 1 aromatic rings. The maximum Gasteiger partial charge on any atom is 0.315 e. The third kappa shape index (κ3) is 1.47. The van der Waals surface area contributed by atoms with Crippen LogP contribution in [0.2, 0.25) is 0 Å². The number of benzene rings is 1. The van der Waals surface area contributed by atoms with Gasteiger partial charge in [0.2, 0.25) is 0 Å². The van der Waals surface area contributed by atoms with Gasteiger partial charge in [-0.05, 0) is 43.7 Å². The molecule has 0 aromatic heterocycles. The Labute approximate surface area is 154 Å². The molecule has 138 valence electrons. The van der Waals surface area contributed by atoms with Gasteiger partial charge in [-0.25, -0.2) is 0 Å². The lowest BCUT2D eigenvalue weighted by Gasteiger charge is -2.58. The van der Waals surface area contributed by atoms with E-state index in [4.69, 9.17) is 4.74 Å². The Morgan fingerprint density at radius 2 is 2.19 bits per heavy atom.